The van der Waals surface area contributed by atoms with Gasteiger partial charge in [0.2, 0.25) is 0 Å². The van der Waals surface area contributed by atoms with Crippen molar-refractivity contribution in [1.29, 1.82) is 5.26 Å². The van der Waals surface area contributed by atoms with Crippen molar-refractivity contribution in [3.05, 3.63) is 122 Å². The number of aromatic amines is 1. The largest absolute Gasteiger partial charge is 0.378 e. The van der Waals surface area contributed by atoms with Gasteiger partial charge in [0.25, 0.3) is 11.5 Å². The molecule has 216 valence electrons. The Labute approximate surface area is 254 Å². The van der Waals surface area contributed by atoms with Crippen molar-refractivity contribution in [3.63, 3.8) is 0 Å². The molecule has 43 heavy (non-hydrogen) atoms. The summed E-state index contributed by atoms with van der Waals surface area (Å²) in [6.07, 6.45) is 3.48. The third-order valence-electron chi connectivity index (χ3n) is 9.35. The highest BCUT2D eigenvalue weighted by Crippen LogP contribution is 2.53. The molecule has 0 bridgehead atoms. The lowest BCUT2D eigenvalue weighted by Gasteiger charge is -2.24. The number of aryl methyl sites for hydroxylation is 1. The average Bonchev–Trinajstić information content (AvgIpc) is 3.95. The lowest BCUT2D eigenvalue weighted by molar-refractivity contribution is -0.141. The first-order valence-corrected chi connectivity index (χ1v) is 15.2. The highest BCUT2D eigenvalue weighted by atomic mass is 35.5. The average molecular weight is 591 g/mol. The zero-order valence-electron chi connectivity index (χ0n) is 23.6. The maximum atomic E-state index is 13.5. The number of carbonyl (C=O) groups is 1. The van der Waals surface area contributed by atoms with Gasteiger partial charge in [0.1, 0.15) is 5.82 Å². The Hall–Kier alpha value is -4.25. The Kier molecular flexibility index (Phi) is 6.72. The van der Waals surface area contributed by atoms with Crippen molar-refractivity contribution >= 4 is 17.5 Å². The number of nitrogens with one attached hydrogen (secondary N) is 1. The number of nitriles is 1. The number of benzene rings is 3. The van der Waals surface area contributed by atoms with Crippen LogP contribution in [0, 0.1) is 11.3 Å². The van der Waals surface area contributed by atoms with Crippen LogP contribution in [0.5, 0.6) is 0 Å². The standard InChI is InChI=1S/C35H31ClN4O3/c36-27-7-2-5-24(19-27)30(41)32(43)40-17-3-8-29-28(20-40)31(42)39-33(38-29)35(15-16-35)26-6-1-4-23(18-26)22-9-11-25(12-10-22)34(21-37)13-14-34/h1-2,4-7,9-12,18-19,30,41H,3,8,13-17,20H2,(H,38,39,42). The van der Waals surface area contributed by atoms with Gasteiger partial charge in [0.15, 0.2) is 6.10 Å². The van der Waals surface area contributed by atoms with Crippen molar-refractivity contribution < 1.29 is 9.90 Å². The Morgan fingerprint density at radius 3 is 2.47 bits per heavy atom. The van der Waals surface area contributed by atoms with Crippen LogP contribution in [0.2, 0.25) is 5.02 Å². The van der Waals surface area contributed by atoms with E-state index in [1.165, 1.54) is 4.90 Å². The second-order valence-electron chi connectivity index (χ2n) is 12.1. The molecule has 7 nitrogen and oxygen atoms in total. The van der Waals surface area contributed by atoms with Crippen LogP contribution in [0.15, 0.2) is 77.6 Å². The van der Waals surface area contributed by atoms with Crippen LogP contribution in [0.25, 0.3) is 11.1 Å². The number of carbonyl (C=O) groups excluding carboxylic acids is 1. The molecule has 7 rings (SSSR count). The molecule has 2 N–H and O–H groups in total. The molecule has 2 fully saturated rings. The van der Waals surface area contributed by atoms with E-state index < -0.39 is 12.0 Å². The summed E-state index contributed by atoms with van der Waals surface area (Å²) >= 11 is 6.06. The summed E-state index contributed by atoms with van der Waals surface area (Å²) < 4.78 is 0. The Bertz CT molecular complexity index is 1830. The van der Waals surface area contributed by atoms with Crippen LogP contribution < -0.4 is 5.56 Å². The normalized spacial score (nSPS) is 18.6. The Morgan fingerprint density at radius 1 is 1.00 bits per heavy atom. The molecule has 0 radical (unpaired) electrons. The fourth-order valence-electron chi connectivity index (χ4n) is 6.38. The number of halogens is 1. The number of hydrogen-bond donors (Lipinski definition) is 2. The van der Waals surface area contributed by atoms with E-state index >= 15 is 0 Å². The van der Waals surface area contributed by atoms with Crippen LogP contribution in [0.3, 0.4) is 0 Å². The van der Waals surface area contributed by atoms with Crippen LogP contribution >= 0.6 is 11.6 Å². The minimum absolute atomic E-state index is 0.0972. The number of hydrogen-bond acceptors (Lipinski definition) is 5. The van der Waals surface area contributed by atoms with Gasteiger partial charge in [-0.25, -0.2) is 4.98 Å². The smallest absolute Gasteiger partial charge is 0.256 e. The minimum atomic E-state index is -1.36. The first-order chi connectivity index (χ1) is 20.8. The first-order valence-electron chi connectivity index (χ1n) is 14.8. The summed E-state index contributed by atoms with van der Waals surface area (Å²) in [7, 11) is 0. The molecule has 1 aliphatic heterocycles. The molecule has 0 spiro atoms. The molecular formula is C35H31ClN4O3. The van der Waals surface area contributed by atoms with E-state index in [2.05, 4.69) is 53.5 Å². The Morgan fingerprint density at radius 2 is 1.77 bits per heavy atom. The highest BCUT2D eigenvalue weighted by molar-refractivity contribution is 6.30. The van der Waals surface area contributed by atoms with Crippen LogP contribution in [0.4, 0.5) is 0 Å². The van der Waals surface area contributed by atoms with Crippen molar-refractivity contribution in [1.82, 2.24) is 14.9 Å². The fraction of sp³-hybridized carbons (Fsp3) is 0.314. The first kappa shape index (κ1) is 27.6. The second-order valence-corrected chi connectivity index (χ2v) is 12.5. The number of rotatable bonds is 6. The molecule has 2 heterocycles. The van der Waals surface area contributed by atoms with Crippen molar-refractivity contribution in [2.75, 3.05) is 6.54 Å². The summed E-state index contributed by atoms with van der Waals surface area (Å²) in [6.45, 7) is 0.517. The van der Waals surface area contributed by atoms with E-state index in [1.807, 2.05) is 6.07 Å². The van der Waals surface area contributed by atoms with Gasteiger partial charge in [0, 0.05) is 11.6 Å². The molecule has 0 saturated heterocycles. The molecule has 2 saturated carbocycles. The minimum Gasteiger partial charge on any atom is -0.378 e. The number of fused-ring (bicyclic) bond motifs is 1. The molecule has 8 heteroatoms. The van der Waals surface area contributed by atoms with Crippen LogP contribution in [-0.4, -0.2) is 32.4 Å². The summed E-state index contributed by atoms with van der Waals surface area (Å²) in [5.41, 5.74) is 5.09. The summed E-state index contributed by atoms with van der Waals surface area (Å²) in [5.74, 6) is 0.217. The molecule has 1 aromatic heterocycles. The summed E-state index contributed by atoms with van der Waals surface area (Å²) in [6, 6.07) is 25.8. The van der Waals surface area contributed by atoms with E-state index in [-0.39, 0.29) is 22.9 Å². The number of aromatic nitrogens is 2. The van der Waals surface area contributed by atoms with E-state index in [4.69, 9.17) is 16.6 Å². The molecular weight excluding hydrogens is 560 g/mol. The third-order valence-corrected chi connectivity index (χ3v) is 9.59. The number of nitrogens with zero attached hydrogens (tertiary/aromatic N) is 3. The zero-order valence-corrected chi connectivity index (χ0v) is 24.4. The third kappa shape index (κ3) is 4.95. The molecule has 3 aromatic carbocycles. The van der Waals surface area contributed by atoms with Gasteiger partial charge in [-0.3, -0.25) is 9.59 Å². The van der Waals surface area contributed by atoms with E-state index in [0.29, 0.717) is 41.4 Å². The summed E-state index contributed by atoms with van der Waals surface area (Å²) in [5, 5.41) is 20.8. The maximum absolute atomic E-state index is 13.5. The van der Waals surface area contributed by atoms with Crippen LogP contribution in [0.1, 0.15) is 72.0 Å². The molecule has 1 unspecified atom stereocenters. The zero-order chi connectivity index (χ0) is 29.8. The number of amides is 1. The maximum Gasteiger partial charge on any atom is 0.256 e. The van der Waals surface area contributed by atoms with Gasteiger partial charge >= 0.3 is 0 Å². The SMILES string of the molecule is N#CC1(c2ccc(-c3cccc(C4(c5nc6c(c(=O)[nH]5)CN(C(=O)C(O)c5cccc(Cl)c5)CCC6)CC4)c3)cc2)CC1. The van der Waals surface area contributed by atoms with Gasteiger partial charge in [0.05, 0.1) is 34.7 Å². The van der Waals surface area contributed by atoms with E-state index in [9.17, 15) is 20.0 Å². The van der Waals surface area contributed by atoms with Crippen molar-refractivity contribution in [2.45, 2.75) is 62.0 Å². The molecule has 4 aromatic rings. The van der Waals surface area contributed by atoms with Gasteiger partial charge in [-0.1, -0.05) is 72.3 Å². The monoisotopic (exact) mass is 590 g/mol. The molecule has 1 atom stereocenters. The van der Waals surface area contributed by atoms with Gasteiger partial charge in [-0.15, -0.1) is 0 Å². The summed E-state index contributed by atoms with van der Waals surface area (Å²) in [4.78, 5) is 36.3. The van der Waals surface area contributed by atoms with Gasteiger partial charge in [-0.05, 0) is 78.5 Å². The number of aliphatic hydroxyl groups is 1. The van der Waals surface area contributed by atoms with Crippen molar-refractivity contribution in [2.24, 2.45) is 0 Å². The van der Waals surface area contributed by atoms with E-state index in [0.717, 1.165) is 53.6 Å². The second kappa shape index (κ2) is 10.5. The molecule has 3 aliphatic rings. The van der Waals surface area contributed by atoms with Crippen LogP contribution in [-0.2, 0) is 28.6 Å². The number of H-pyrrole nitrogens is 1. The molecule has 2 aliphatic carbocycles. The topological polar surface area (TPSA) is 110 Å². The lowest BCUT2D eigenvalue weighted by Crippen LogP contribution is -2.36. The molecule has 1 amide bonds. The quantitative estimate of drug-likeness (QED) is 0.298. The fourth-order valence-corrected chi connectivity index (χ4v) is 6.58. The van der Waals surface area contributed by atoms with Gasteiger partial charge < -0.3 is 15.0 Å². The predicted molar refractivity (Wildman–Crippen MR) is 163 cm³/mol. The van der Waals surface area contributed by atoms with Crippen molar-refractivity contribution in [3.8, 4) is 17.2 Å². The predicted octanol–water partition coefficient (Wildman–Crippen LogP) is 5.73. The van der Waals surface area contributed by atoms with E-state index in [1.54, 1.807) is 24.3 Å². The van der Waals surface area contributed by atoms with Gasteiger partial charge in [-0.2, -0.15) is 5.26 Å². The highest BCUT2D eigenvalue weighted by Gasteiger charge is 2.49. The Balaban J connectivity index is 1.14. The lowest BCUT2D eigenvalue weighted by atomic mass is 9.90. The number of aliphatic hydroxyl groups excluding tert-OH is 1.